The molecule has 9 heteroatoms. The Morgan fingerprint density at radius 3 is 2.11 bits per heavy atom. The molecule has 19 heavy (non-hydrogen) atoms. The molecule has 0 spiro atoms. The van der Waals surface area contributed by atoms with Crippen LogP contribution in [-0.4, -0.2) is 12.4 Å². The molecule has 0 amide bonds. The molecular formula is C10H6AtBrF6O. The second kappa shape index (κ2) is 4.56. The van der Waals surface area contributed by atoms with Crippen molar-refractivity contribution in [3.63, 3.8) is 0 Å². The van der Waals surface area contributed by atoms with Crippen LogP contribution in [-0.2, 0) is 8.41 Å². The number of hydrogen-bond donors (Lipinski definition) is 0. The van der Waals surface area contributed by atoms with Crippen molar-refractivity contribution in [1.82, 2.24) is 0 Å². The van der Waals surface area contributed by atoms with E-state index in [1.807, 2.05) is 0 Å². The van der Waals surface area contributed by atoms with Gasteiger partial charge in [-0.05, 0) is 0 Å². The summed E-state index contributed by atoms with van der Waals surface area (Å²) in [5, 5.41) is 0. The van der Waals surface area contributed by atoms with Crippen molar-refractivity contribution in [2.24, 2.45) is 0 Å². The quantitative estimate of drug-likeness (QED) is 0.450. The van der Waals surface area contributed by atoms with E-state index in [9.17, 15) is 26.3 Å². The summed E-state index contributed by atoms with van der Waals surface area (Å²) >= 11 is -0.524. The van der Waals surface area contributed by atoms with Crippen LogP contribution < -0.4 is 3.27 Å². The average molecular weight is 547 g/mol. The SMILES string of the molecule is Cc1ccc2c(c1)C(C(F)(F)F)(C(F)(F)F)O[211At]2Br. The fourth-order valence-electron chi connectivity index (χ4n) is 1.78. The van der Waals surface area contributed by atoms with Gasteiger partial charge in [-0.1, -0.05) is 0 Å². The first-order chi connectivity index (χ1) is 8.50. The van der Waals surface area contributed by atoms with Crippen LogP contribution in [0.3, 0.4) is 0 Å². The summed E-state index contributed by atoms with van der Waals surface area (Å²) in [6.45, 7) is 1.44. The first-order valence-electron chi connectivity index (χ1n) is 4.81. The number of alkyl halides is 6. The van der Waals surface area contributed by atoms with E-state index >= 15 is 0 Å². The number of rotatable bonds is 0. The van der Waals surface area contributed by atoms with E-state index in [4.69, 9.17) is 0 Å². The van der Waals surface area contributed by atoms with Gasteiger partial charge in [0.2, 0.25) is 0 Å². The van der Waals surface area contributed by atoms with E-state index in [-0.39, 0.29) is 3.27 Å². The summed E-state index contributed by atoms with van der Waals surface area (Å²) in [5.41, 5.74) is -4.70. The van der Waals surface area contributed by atoms with E-state index in [2.05, 4.69) is 15.0 Å². The minimum atomic E-state index is -5.55. The molecule has 0 saturated carbocycles. The molecule has 2 rings (SSSR count). The van der Waals surface area contributed by atoms with E-state index in [0.29, 0.717) is 5.56 Å². The molecule has 0 aliphatic carbocycles. The Kier molecular flexibility index (Phi) is 3.73. The summed E-state index contributed by atoms with van der Waals surface area (Å²) in [6, 6.07) is 3.66. The van der Waals surface area contributed by atoms with Crippen LogP contribution in [0.1, 0.15) is 11.1 Å². The van der Waals surface area contributed by atoms with Crippen LogP contribution in [0, 0.1) is 26.8 Å². The van der Waals surface area contributed by atoms with Gasteiger partial charge < -0.3 is 0 Å². The summed E-state index contributed by atoms with van der Waals surface area (Å²) in [5.74, 6) is 0. The summed E-state index contributed by atoms with van der Waals surface area (Å²) < 4.78 is 82.8. The number of hydrogen-bond acceptors (Lipinski definition) is 1. The monoisotopic (exact) mass is 546 g/mol. The third-order valence-corrected chi connectivity index (χ3v) is 10.5. The van der Waals surface area contributed by atoms with Crippen LogP contribution in [0.5, 0.6) is 0 Å². The molecule has 0 atom stereocenters. The Morgan fingerprint density at radius 2 is 1.63 bits per heavy atom. The van der Waals surface area contributed by atoms with Crippen molar-refractivity contribution in [2.45, 2.75) is 24.9 Å². The Balaban J connectivity index is 2.78. The van der Waals surface area contributed by atoms with E-state index in [0.717, 1.165) is 6.07 Å². The molecule has 0 N–H and O–H groups in total. The third kappa shape index (κ3) is 2.21. The van der Waals surface area contributed by atoms with Crippen molar-refractivity contribution in [3.8, 4) is 0 Å². The molecule has 0 fully saturated rings. The van der Waals surface area contributed by atoms with Crippen LogP contribution >= 0.6 is 12.2 Å². The fourth-order valence-corrected chi connectivity index (χ4v) is 9.78. The third-order valence-electron chi connectivity index (χ3n) is 2.64. The Bertz CT molecular complexity index is 498. The molecule has 1 aromatic carbocycles. The van der Waals surface area contributed by atoms with Crippen molar-refractivity contribution in [3.05, 3.63) is 29.3 Å². The molecule has 1 aromatic rings. The molecule has 1 aliphatic heterocycles. The summed E-state index contributed by atoms with van der Waals surface area (Å²) in [7, 11) is 0. The van der Waals surface area contributed by atoms with E-state index in [1.165, 1.54) is 19.1 Å². The molecule has 0 unspecified atom stereocenters. The zero-order valence-corrected chi connectivity index (χ0v) is 13.7. The van der Waals surface area contributed by atoms with Crippen molar-refractivity contribution in [2.75, 3.05) is 0 Å². The first kappa shape index (κ1) is 15.5. The molecule has 0 radical (unpaired) electrons. The number of halogens is 7. The first-order valence-corrected chi connectivity index (χ1v) is 13.9. The Labute approximate surface area is 118 Å². The van der Waals surface area contributed by atoms with Gasteiger partial charge in [0.15, 0.2) is 0 Å². The molecule has 0 saturated heterocycles. The standard InChI is InChI=1S/C10H6AtBrF6O/c1-5-2-3-7-6(4-5)8(9(13,14)15,10(16,17)18)19-11(7)12/h2-4H,1H3/i11+1. The number of aryl methyl sites for hydroxylation is 1. The molecule has 1 aliphatic rings. The van der Waals surface area contributed by atoms with Gasteiger partial charge in [0.25, 0.3) is 0 Å². The van der Waals surface area contributed by atoms with Gasteiger partial charge in [0.05, 0.1) is 0 Å². The predicted octanol–water partition coefficient (Wildman–Crippen LogP) is 3.82. The summed E-state index contributed by atoms with van der Waals surface area (Å²) in [4.78, 5) is 0. The maximum atomic E-state index is 13.1. The fraction of sp³-hybridized carbons (Fsp3) is 0.400. The Morgan fingerprint density at radius 1 is 1.11 bits per heavy atom. The maximum absolute atomic E-state index is 13.1. The zero-order valence-electron chi connectivity index (χ0n) is 9.16. The van der Waals surface area contributed by atoms with Crippen molar-refractivity contribution < 1.29 is 49.0 Å². The van der Waals surface area contributed by atoms with Gasteiger partial charge in [-0.15, -0.1) is 0 Å². The van der Waals surface area contributed by atoms with Crippen molar-refractivity contribution >= 4 is 15.5 Å². The minimum absolute atomic E-state index is 0.0188. The van der Waals surface area contributed by atoms with E-state index in [1.54, 1.807) is 0 Å². The van der Waals surface area contributed by atoms with E-state index < -0.39 is 43.4 Å². The second-order valence-electron chi connectivity index (χ2n) is 3.94. The molecule has 1 nitrogen and oxygen atoms in total. The van der Waals surface area contributed by atoms with Gasteiger partial charge >= 0.3 is 119 Å². The molecule has 108 valence electrons. The topological polar surface area (TPSA) is 9.23 Å². The van der Waals surface area contributed by atoms with Crippen molar-refractivity contribution in [1.29, 1.82) is 0 Å². The predicted molar refractivity (Wildman–Crippen MR) is 54.6 cm³/mol. The molecule has 0 bridgehead atoms. The van der Waals surface area contributed by atoms with Gasteiger partial charge in [0, 0.05) is 0 Å². The van der Waals surface area contributed by atoms with Gasteiger partial charge in [0.1, 0.15) is 0 Å². The van der Waals surface area contributed by atoms with Gasteiger partial charge in [-0.25, -0.2) is 0 Å². The second-order valence-corrected chi connectivity index (χ2v) is 12.5. The number of fused-ring (bicyclic) bond motifs is 1. The van der Waals surface area contributed by atoms with Crippen LogP contribution in [0.15, 0.2) is 18.2 Å². The Hall–Kier alpha value is 0.123. The van der Waals surface area contributed by atoms with Crippen LogP contribution in [0.4, 0.5) is 26.3 Å². The molecular weight excluding hydrogens is 541 g/mol. The number of benzene rings is 1. The van der Waals surface area contributed by atoms with Crippen LogP contribution in [0.2, 0.25) is 0 Å². The van der Waals surface area contributed by atoms with Crippen LogP contribution in [0.25, 0.3) is 0 Å². The normalized spacial score (nSPS) is 20.5. The van der Waals surface area contributed by atoms with Gasteiger partial charge in [-0.3, -0.25) is 0 Å². The summed E-state index contributed by atoms with van der Waals surface area (Å²) in [6.07, 6.45) is -11.1. The molecule has 0 aromatic heterocycles. The molecule has 1 heterocycles. The zero-order chi connectivity index (χ0) is 14.6. The average Bonchev–Trinajstić information content (AvgIpc) is 2.51. The van der Waals surface area contributed by atoms with Gasteiger partial charge in [-0.2, -0.15) is 0 Å².